The number of carbonyl (C=O) groups excluding carboxylic acids is 1. The van der Waals surface area contributed by atoms with Gasteiger partial charge in [-0.15, -0.1) is 0 Å². The molecule has 34 heavy (non-hydrogen) atoms. The van der Waals surface area contributed by atoms with Crippen molar-refractivity contribution in [3.63, 3.8) is 0 Å². The lowest BCUT2D eigenvalue weighted by atomic mass is 9.89. The van der Waals surface area contributed by atoms with E-state index in [4.69, 9.17) is 21.1 Å². The molecule has 0 bridgehead atoms. The molecule has 1 aliphatic heterocycles. The Morgan fingerprint density at radius 1 is 1.26 bits per heavy atom. The molecule has 1 aromatic carbocycles. The molecule has 2 aromatic rings. The van der Waals surface area contributed by atoms with Crippen LogP contribution in [0.5, 0.6) is 11.6 Å². The first kappa shape index (κ1) is 22.8. The Morgan fingerprint density at radius 2 is 2.09 bits per heavy atom. The SMILES string of the molecule is COC1C=C(N2CCNCC2)C=CC1(C)Nc1ncc(Cl)c(Oc2cccc3c2C(=O)CC3)n1. The van der Waals surface area contributed by atoms with Gasteiger partial charge in [-0.1, -0.05) is 29.8 Å². The zero-order chi connectivity index (χ0) is 23.7. The third kappa shape index (κ3) is 4.41. The quantitative estimate of drug-likeness (QED) is 0.647. The Hall–Kier alpha value is -2.94. The number of hydrogen-bond donors (Lipinski definition) is 2. The molecular formula is C25H28ClN5O3. The van der Waals surface area contributed by atoms with Crippen molar-refractivity contribution in [2.45, 2.75) is 31.4 Å². The summed E-state index contributed by atoms with van der Waals surface area (Å²) < 4.78 is 11.8. The molecular weight excluding hydrogens is 454 g/mol. The molecule has 0 amide bonds. The number of Topliss-reactive ketones (excluding diaryl/α,β-unsaturated/α-hetero) is 1. The summed E-state index contributed by atoms with van der Waals surface area (Å²) in [4.78, 5) is 23.6. The van der Waals surface area contributed by atoms with Gasteiger partial charge in [-0.05, 0) is 37.1 Å². The second kappa shape index (κ2) is 9.37. The Morgan fingerprint density at radius 3 is 2.88 bits per heavy atom. The van der Waals surface area contributed by atoms with E-state index in [9.17, 15) is 4.79 Å². The fraction of sp³-hybridized carbons (Fsp3) is 0.400. The molecule has 2 unspecified atom stereocenters. The number of benzene rings is 1. The Kier molecular flexibility index (Phi) is 6.29. The third-order valence-corrected chi connectivity index (χ3v) is 6.82. The van der Waals surface area contributed by atoms with Crippen molar-refractivity contribution < 1.29 is 14.3 Å². The summed E-state index contributed by atoms with van der Waals surface area (Å²) in [5.74, 6) is 1.09. The van der Waals surface area contributed by atoms with Crippen LogP contribution < -0.4 is 15.4 Å². The smallest absolute Gasteiger partial charge is 0.243 e. The van der Waals surface area contributed by atoms with E-state index in [1.807, 2.05) is 19.1 Å². The van der Waals surface area contributed by atoms with Crippen LogP contribution in [-0.4, -0.2) is 65.6 Å². The Balaban J connectivity index is 1.37. The van der Waals surface area contributed by atoms with Crippen LogP contribution in [0.3, 0.4) is 0 Å². The molecule has 8 nitrogen and oxygen atoms in total. The molecule has 1 aromatic heterocycles. The number of fused-ring (bicyclic) bond motifs is 1. The summed E-state index contributed by atoms with van der Waals surface area (Å²) in [6.45, 7) is 5.89. The number of rotatable bonds is 6. The largest absolute Gasteiger partial charge is 0.437 e. The highest BCUT2D eigenvalue weighted by Gasteiger charge is 2.35. The van der Waals surface area contributed by atoms with E-state index in [-0.39, 0.29) is 22.8 Å². The summed E-state index contributed by atoms with van der Waals surface area (Å²) in [5.41, 5.74) is 2.16. The van der Waals surface area contributed by atoms with E-state index < -0.39 is 5.54 Å². The van der Waals surface area contributed by atoms with Gasteiger partial charge < -0.3 is 25.0 Å². The highest BCUT2D eigenvalue weighted by Crippen LogP contribution is 2.36. The van der Waals surface area contributed by atoms with Gasteiger partial charge in [0.25, 0.3) is 0 Å². The predicted molar refractivity (Wildman–Crippen MR) is 131 cm³/mol. The summed E-state index contributed by atoms with van der Waals surface area (Å²) in [6.07, 6.45) is 8.80. The highest BCUT2D eigenvalue weighted by molar-refractivity contribution is 6.31. The second-order valence-corrected chi connectivity index (χ2v) is 9.30. The molecule has 5 rings (SSSR count). The standard InChI is InChI=1S/C25H28ClN5O3/c1-25(9-8-17(14-21(25)33-2)31-12-10-27-11-13-31)30-24-28-15-18(26)23(29-24)34-20-5-3-4-16-6-7-19(32)22(16)20/h3-5,8-9,14-15,21,27H,6-7,10-13H2,1-2H3,(H,28,29,30). The topological polar surface area (TPSA) is 88.6 Å². The van der Waals surface area contributed by atoms with Crippen LogP contribution in [0.1, 0.15) is 29.3 Å². The Labute approximate surface area is 204 Å². The van der Waals surface area contributed by atoms with Gasteiger partial charge in [0.1, 0.15) is 16.9 Å². The van der Waals surface area contributed by atoms with Crippen molar-refractivity contribution >= 4 is 23.3 Å². The zero-order valence-corrected chi connectivity index (χ0v) is 20.1. The molecule has 0 spiro atoms. The molecule has 0 radical (unpaired) electrons. The van der Waals surface area contributed by atoms with E-state index in [1.54, 1.807) is 13.2 Å². The first-order valence-electron chi connectivity index (χ1n) is 11.5. The first-order chi connectivity index (χ1) is 16.5. The fourth-order valence-corrected chi connectivity index (χ4v) is 4.81. The second-order valence-electron chi connectivity index (χ2n) is 8.89. The molecule has 9 heteroatoms. The van der Waals surface area contributed by atoms with E-state index in [0.29, 0.717) is 23.7 Å². The van der Waals surface area contributed by atoms with Crippen LogP contribution in [0.15, 0.2) is 48.3 Å². The average Bonchev–Trinajstić information content (AvgIpc) is 3.23. The van der Waals surface area contributed by atoms with Crippen LogP contribution in [0.25, 0.3) is 0 Å². The highest BCUT2D eigenvalue weighted by atomic mass is 35.5. The molecule has 3 aliphatic rings. The van der Waals surface area contributed by atoms with Gasteiger partial charge in [0, 0.05) is 45.4 Å². The van der Waals surface area contributed by atoms with Gasteiger partial charge >= 0.3 is 0 Å². The molecule has 2 aliphatic carbocycles. The van der Waals surface area contributed by atoms with Crippen molar-refractivity contribution in [3.05, 3.63) is 64.5 Å². The first-order valence-corrected chi connectivity index (χ1v) is 11.9. The maximum atomic E-state index is 12.4. The third-order valence-electron chi connectivity index (χ3n) is 6.56. The number of halogens is 1. The molecule has 2 heterocycles. The lowest BCUT2D eigenvalue weighted by Gasteiger charge is -2.39. The number of piperazine rings is 1. The zero-order valence-electron chi connectivity index (χ0n) is 19.3. The van der Waals surface area contributed by atoms with Crippen LogP contribution in [0.2, 0.25) is 5.02 Å². The van der Waals surface area contributed by atoms with Crippen molar-refractivity contribution in [3.8, 4) is 11.6 Å². The minimum atomic E-state index is -0.582. The normalized spacial score (nSPS) is 24.1. The number of ether oxygens (including phenoxy) is 2. The molecule has 1 fully saturated rings. The average molecular weight is 482 g/mol. The number of allylic oxidation sites excluding steroid dienone is 1. The monoisotopic (exact) mass is 481 g/mol. The van der Waals surface area contributed by atoms with Crippen LogP contribution >= 0.6 is 11.6 Å². The van der Waals surface area contributed by atoms with Gasteiger partial charge in [-0.3, -0.25) is 4.79 Å². The van der Waals surface area contributed by atoms with Crippen molar-refractivity contribution in [1.29, 1.82) is 0 Å². The van der Waals surface area contributed by atoms with Crippen LogP contribution in [-0.2, 0) is 11.2 Å². The van der Waals surface area contributed by atoms with Crippen molar-refractivity contribution in [2.75, 3.05) is 38.6 Å². The van der Waals surface area contributed by atoms with Gasteiger partial charge in [0.15, 0.2) is 5.78 Å². The van der Waals surface area contributed by atoms with Crippen LogP contribution in [0, 0.1) is 0 Å². The number of nitrogens with one attached hydrogen (secondary N) is 2. The van der Waals surface area contributed by atoms with Crippen molar-refractivity contribution in [1.82, 2.24) is 20.2 Å². The number of aryl methyl sites for hydroxylation is 1. The Bertz CT molecular complexity index is 1160. The van der Waals surface area contributed by atoms with Crippen molar-refractivity contribution in [2.24, 2.45) is 0 Å². The van der Waals surface area contributed by atoms with Gasteiger partial charge in [-0.2, -0.15) is 4.98 Å². The predicted octanol–water partition coefficient (Wildman–Crippen LogP) is 3.60. The number of carbonyl (C=O) groups is 1. The molecule has 0 saturated carbocycles. The van der Waals surface area contributed by atoms with E-state index in [0.717, 1.165) is 43.9 Å². The number of ketones is 1. The summed E-state index contributed by atoms with van der Waals surface area (Å²) in [5, 5.41) is 7.02. The summed E-state index contributed by atoms with van der Waals surface area (Å²) in [7, 11) is 1.69. The van der Waals surface area contributed by atoms with Gasteiger partial charge in [-0.25, -0.2) is 4.98 Å². The van der Waals surface area contributed by atoms with Crippen LogP contribution in [0.4, 0.5) is 5.95 Å². The minimum absolute atomic E-state index is 0.0731. The molecule has 1 saturated heterocycles. The number of hydrogen-bond acceptors (Lipinski definition) is 8. The van der Waals surface area contributed by atoms with E-state index >= 15 is 0 Å². The minimum Gasteiger partial charge on any atom is -0.437 e. The summed E-state index contributed by atoms with van der Waals surface area (Å²) in [6, 6.07) is 5.59. The maximum absolute atomic E-state index is 12.4. The number of nitrogens with zero attached hydrogens (tertiary/aromatic N) is 3. The van der Waals surface area contributed by atoms with E-state index in [2.05, 4.69) is 43.7 Å². The maximum Gasteiger partial charge on any atom is 0.243 e. The molecule has 178 valence electrons. The molecule has 2 N–H and O–H groups in total. The van der Waals surface area contributed by atoms with Gasteiger partial charge in [0.05, 0.1) is 17.3 Å². The lowest BCUT2D eigenvalue weighted by molar-refractivity contribution is 0.0992. The summed E-state index contributed by atoms with van der Waals surface area (Å²) >= 11 is 6.35. The fourth-order valence-electron chi connectivity index (χ4n) is 4.68. The number of methoxy groups -OCH3 is 1. The number of aromatic nitrogens is 2. The number of anilines is 1. The molecule has 2 atom stereocenters. The lowest BCUT2D eigenvalue weighted by Crippen LogP contribution is -2.49. The van der Waals surface area contributed by atoms with E-state index in [1.165, 1.54) is 6.20 Å². The van der Waals surface area contributed by atoms with Gasteiger partial charge in [0.2, 0.25) is 11.8 Å².